The van der Waals surface area contributed by atoms with Gasteiger partial charge < -0.3 is 19.5 Å². The monoisotopic (exact) mass is 552 g/mol. The number of methoxy groups -OCH3 is 1. The van der Waals surface area contributed by atoms with E-state index in [2.05, 4.69) is 52.7 Å². The SMILES string of the molecule is CCNC(=NCCCc1nnc(SC)n1CC(C)C)N1CC(C)C(C(=O)OC)C1.I. The van der Waals surface area contributed by atoms with Gasteiger partial charge in [-0.25, -0.2) is 0 Å². The maximum absolute atomic E-state index is 12.0. The fourth-order valence-corrected chi connectivity index (χ4v) is 4.17. The Morgan fingerprint density at radius 2 is 2.10 bits per heavy atom. The first-order valence-electron chi connectivity index (χ1n) is 10.5. The van der Waals surface area contributed by atoms with Gasteiger partial charge >= 0.3 is 5.97 Å². The molecule has 1 N–H and O–H groups in total. The highest BCUT2D eigenvalue weighted by atomic mass is 127. The Kier molecular flexibility index (Phi) is 12.0. The summed E-state index contributed by atoms with van der Waals surface area (Å²) in [5.41, 5.74) is 0. The lowest BCUT2D eigenvalue weighted by Crippen LogP contribution is -2.40. The predicted molar refractivity (Wildman–Crippen MR) is 133 cm³/mol. The van der Waals surface area contributed by atoms with Crippen molar-refractivity contribution in [1.29, 1.82) is 0 Å². The lowest BCUT2D eigenvalue weighted by Gasteiger charge is -2.21. The van der Waals surface area contributed by atoms with Crippen LogP contribution in [0.2, 0.25) is 0 Å². The molecule has 0 saturated carbocycles. The molecule has 2 rings (SSSR count). The van der Waals surface area contributed by atoms with Crippen molar-refractivity contribution in [3.05, 3.63) is 5.82 Å². The number of esters is 1. The number of thioether (sulfide) groups is 1. The van der Waals surface area contributed by atoms with E-state index in [9.17, 15) is 4.79 Å². The smallest absolute Gasteiger partial charge is 0.310 e. The highest BCUT2D eigenvalue weighted by Gasteiger charge is 2.36. The van der Waals surface area contributed by atoms with Crippen molar-refractivity contribution >= 4 is 47.7 Å². The van der Waals surface area contributed by atoms with Gasteiger partial charge in [0.1, 0.15) is 5.82 Å². The number of hydrogen-bond acceptors (Lipinski definition) is 6. The van der Waals surface area contributed by atoms with Gasteiger partial charge in [0.25, 0.3) is 0 Å². The van der Waals surface area contributed by atoms with Gasteiger partial charge in [-0.1, -0.05) is 32.5 Å². The molecule has 8 nitrogen and oxygen atoms in total. The molecule has 0 aliphatic carbocycles. The molecule has 0 amide bonds. The minimum absolute atomic E-state index is 0. The molecule has 172 valence electrons. The van der Waals surface area contributed by atoms with Crippen LogP contribution in [0, 0.1) is 17.8 Å². The quantitative estimate of drug-likeness (QED) is 0.126. The minimum Gasteiger partial charge on any atom is -0.469 e. The van der Waals surface area contributed by atoms with E-state index < -0.39 is 0 Å². The van der Waals surface area contributed by atoms with Crippen molar-refractivity contribution in [3.8, 4) is 0 Å². The molecule has 1 aromatic rings. The third-order valence-electron chi connectivity index (χ3n) is 5.09. The van der Waals surface area contributed by atoms with E-state index in [4.69, 9.17) is 9.73 Å². The first-order chi connectivity index (χ1) is 13.9. The number of hydrogen-bond donors (Lipinski definition) is 1. The molecule has 2 atom stereocenters. The van der Waals surface area contributed by atoms with Gasteiger partial charge in [-0.3, -0.25) is 9.79 Å². The number of rotatable bonds is 9. The van der Waals surface area contributed by atoms with E-state index in [1.807, 2.05) is 6.26 Å². The molecule has 1 fully saturated rings. The Morgan fingerprint density at radius 3 is 2.70 bits per heavy atom. The first kappa shape index (κ1) is 27.0. The van der Waals surface area contributed by atoms with Crippen molar-refractivity contribution in [3.63, 3.8) is 0 Å². The Hall–Kier alpha value is -1.04. The molecule has 2 heterocycles. The molecule has 0 radical (unpaired) electrons. The molecule has 2 unspecified atom stereocenters. The van der Waals surface area contributed by atoms with Crippen LogP contribution in [0.5, 0.6) is 0 Å². The number of guanidine groups is 1. The Bertz CT molecular complexity index is 697. The minimum atomic E-state index is -0.134. The number of aryl methyl sites for hydroxylation is 1. The van der Waals surface area contributed by atoms with E-state index in [0.717, 1.165) is 49.4 Å². The largest absolute Gasteiger partial charge is 0.469 e. The Morgan fingerprint density at radius 1 is 1.37 bits per heavy atom. The average Bonchev–Trinajstić information content (AvgIpc) is 3.26. The summed E-state index contributed by atoms with van der Waals surface area (Å²) in [5, 5.41) is 13.0. The lowest BCUT2D eigenvalue weighted by atomic mass is 9.99. The van der Waals surface area contributed by atoms with Crippen LogP contribution in [0.25, 0.3) is 0 Å². The van der Waals surface area contributed by atoms with Crippen molar-refractivity contribution < 1.29 is 9.53 Å². The van der Waals surface area contributed by atoms with Crippen LogP contribution in [0.3, 0.4) is 0 Å². The molecule has 1 aliphatic heterocycles. The van der Waals surface area contributed by atoms with Crippen molar-refractivity contribution in [1.82, 2.24) is 25.0 Å². The molecule has 30 heavy (non-hydrogen) atoms. The summed E-state index contributed by atoms with van der Waals surface area (Å²) in [7, 11) is 1.46. The van der Waals surface area contributed by atoms with E-state index in [-0.39, 0.29) is 41.8 Å². The summed E-state index contributed by atoms with van der Waals surface area (Å²) in [4.78, 5) is 18.9. The summed E-state index contributed by atoms with van der Waals surface area (Å²) in [6.07, 6.45) is 3.80. The van der Waals surface area contributed by atoms with Crippen LogP contribution >= 0.6 is 35.7 Å². The highest BCUT2D eigenvalue weighted by molar-refractivity contribution is 14.0. The van der Waals surface area contributed by atoms with Gasteiger partial charge in [-0.2, -0.15) is 0 Å². The maximum atomic E-state index is 12.0. The molecule has 1 saturated heterocycles. The maximum Gasteiger partial charge on any atom is 0.310 e. The number of aromatic nitrogens is 3. The van der Waals surface area contributed by atoms with Crippen LogP contribution in [0.4, 0.5) is 0 Å². The zero-order valence-corrected chi connectivity index (χ0v) is 22.2. The van der Waals surface area contributed by atoms with E-state index in [1.165, 1.54) is 7.11 Å². The summed E-state index contributed by atoms with van der Waals surface area (Å²) in [6, 6.07) is 0. The summed E-state index contributed by atoms with van der Waals surface area (Å²) in [6.45, 7) is 12.5. The lowest BCUT2D eigenvalue weighted by molar-refractivity contribution is -0.145. The third-order valence-corrected chi connectivity index (χ3v) is 5.76. The first-order valence-corrected chi connectivity index (χ1v) is 11.7. The highest BCUT2D eigenvalue weighted by Crippen LogP contribution is 2.24. The number of halogens is 1. The normalized spacial score (nSPS) is 19.2. The van der Waals surface area contributed by atoms with Crippen molar-refractivity contribution in [2.45, 2.75) is 52.2 Å². The number of nitrogens with zero attached hydrogens (tertiary/aromatic N) is 5. The molecular formula is C20H37IN6O2S. The molecule has 10 heteroatoms. The second-order valence-electron chi connectivity index (χ2n) is 7.96. The van der Waals surface area contributed by atoms with E-state index in [1.54, 1.807) is 11.8 Å². The van der Waals surface area contributed by atoms with Crippen molar-refractivity contribution in [2.24, 2.45) is 22.7 Å². The third kappa shape index (κ3) is 7.28. The fourth-order valence-electron chi connectivity index (χ4n) is 3.65. The number of carbonyl (C=O) groups is 1. The van der Waals surface area contributed by atoms with Crippen LogP contribution < -0.4 is 5.32 Å². The molecule has 0 aromatic carbocycles. The summed E-state index contributed by atoms with van der Waals surface area (Å²) in [5.74, 6) is 2.48. The van der Waals surface area contributed by atoms with Gasteiger partial charge in [-0.05, 0) is 31.4 Å². The van der Waals surface area contributed by atoms with Gasteiger partial charge in [0.2, 0.25) is 0 Å². The zero-order chi connectivity index (χ0) is 21.4. The molecular weight excluding hydrogens is 515 g/mol. The molecule has 1 aliphatic rings. The van der Waals surface area contributed by atoms with Gasteiger partial charge in [0, 0.05) is 39.1 Å². The van der Waals surface area contributed by atoms with Gasteiger partial charge in [0.05, 0.1) is 13.0 Å². The van der Waals surface area contributed by atoms with Crippen LogP contribution in [-0.4, -0.2) is 71.1 Å². The second kappa shape index (κ2) is 13.4. The molecule has 0 bridgehead atoms. The fraction of sp³-hybridized carbons (Fsp3) is 0.800. The molecule has 0 spiro atoms. The number of nitrogens with one attached hydrogen (secondary N) is 1. The number of carbonyl (C=O) groups excluding carboxylic acids is 1. The number of aliphatic imine (C=N–C) groups is 1. The summed E-state index contributed by atoms with van der Waals surface area (Å²) >= 11 is 1.64. The van der Waals surface area contributed by atoms with E-state index >= 15 is 0 Å². The second-order valence-corrected chi connectivity index (χ2v) is 8.73. The van der Waals surface area contributed by atoms with E-state index in [0.29, 0.717) is 19.0 Å². The number of ether oxygens (including phenoxy) is 1. The molecule has 1 aromatic heterocycles. The zero-order valence-electron chi connectivity index (χ0n) is 19.1. The van der Waals surface area contributed by atoms with Crippen LogP contribution in [0.15, 0.2) is 10.1 Å². The van der Waals surface area contributed by atoms with Gasteiger partial charge in [0.15, 0.2) is 11.1 Å². The Labute approximate surface area is 202 Å². The van der Waals surface area contributed by atoms with Crippen LogP contribution in [0.1, 0.15) is 39.9 Å². The van der Waals surface area contributed by atoms with Crippen LogP contribution in [-0.2, 0) is 22.5 Å². The Balaban J connectivity index is 0.00000450. The number of likely N-dealkylation sites (tertiary alicyclic amines) is 1. The standard InChI is InChI=1S/C20H36N6O2S.HI/c1-7-21-19(25-12-15(4)16(13-25)18(27)28-5)22-10-8-9-17-23-24-20(29-6)26(17)11-14(2)3;/h14-16H,7-13H2,1-6H3,(H,21,22);1H. The summed E-state index contributed by atoms with van der Waals surface area (Å²) < 4.78 is 7.18. The topological polar surface area (TPSA) is 84.6 Å². The van der Waals surface area contributed by atoms with Crippen molar-refractivity contribution in [2.75, 3.05) is 39.5 Å². The predicted octanol–water partition coefficient (Wildman–Crippen LogP) is 2.91. The van der Waals surface area contributed by atoms with Gasteiger partial charge in [-0.15, -0.1) is 34.2 Å². The average molecular weight is 553 g/mol.